The van der Waals surface area contributed by atoms with E-state index in [1.54, 1.807) is 18.2 Å². The number of carbonyl (C=O) groups is 3. The maximum Gasteiger partial charge on any atom is 0.328 e. The fourth-order valence-electron chi connectivity index (χ4n) is 3.64. The van der Waals surface area contributed by atoms with Crippen LogP contribution in [-0.2, 0) is 32.0 Å². The minimum absolute atomic E-state index is 0.0553. The van der Waals surface area contributed by atoms with Crippen LogP contribution in [-0.4, -0.2) is 37.0 Å². The summed E-state index contributed by atoms with van der Waals surface area (Å²) in [6, 6.07) is 17.5. The SMILES string of the molecule is COC(=O)[C@H](Cc1cccc2ccccc12)NC(=O)[C@@H](Cc1ccccc1F)NC(C)=O. The normalized spacial score (nSPS) is 12.6. The van der Waals surface area contributed by atoms with Crippen molar-refractivity contribution in [1.82, 2.24) is 10.6 Å². The van der Waals surface area contributed by atoms with E-state index < -0.39 is 35.7 Å². The third-order valence-electron chi connectivity index (χ3n) is 5.18. The van der Waals surface area contributed by atoms with Gasteiger partial charge >= 0.3 is 5.97 Å². The molecule has 0 saturated heterocycles. The molecule has 3 aromatic carbocycles. The van der Waals surface area contributed by atoms with Crippen molar-refractivity contribution in [2.45, 2.75) is 31.8 Å². The van der Waals surface area contributed by atoms with Crippen LogP contribution in [0, 0.1) is 5.82 Å². The molecule has 32 heavy (non-hydrogen) atoms. The van der Waals surface area contributed by atoms with Crippen LogP contribution in [0.15, 0.2) is 66.7 Å². The molecule has 3 aromatic rings. The van der Waals surface area contributed by atoms with Crippen molar-refractivity contribution in [2.24, 2.45) is 0 Å². The van der Waals surface area contributed by atoms with Crippen LogP contribution in [0.4, 0.5) is 4.39 Å². The summed E-state index contributed by atoms with van der Waals surface area (Å²) in [4.78, 5) is 37.2. The summed E-state index contributed by atoms with van der Waals surface area (Å²) < 4.78 is 19.0. The molecule has 0 aromatic heterocycles. The molecule has 6 nitrogen and oxygen atoms in total. The second kappa shape index (κ2) is 10.5. The molecule has 3 rings (SSSR count). The van der Waals surface area contributed by atoms with Crippen molar-refractivity contribution < 1.29 is 23.5 Å². The van der Waals surface area contributed by atoms with Gasteiger partial charge in [-0.25, -0.2) is 9.18 Å². The molecule has 0 bridgehead atoms. The van der Waals surface area contributed by atoms with Gasteiger partial charge in [-0.15, -0.1) is 0 Å². The Kier molecular flexibility index (Phi) is 7.54. The number of ether oxygens (including phenoxy) is 1. The minimum Gasteiger partial charge on any atom is -0.467 e. The van der Waals surface area contributed by atoms with E-state index in [-0.39, 0.29) is 18.4 Å². The number of esters is 1. The fourth-order valence-corrected chi connectivity index (χ4v) is 3.64. The molecule has 0 radical (unpaired) electrons. The predicted octanol–water partition coefficient (Wildman–Crippen LogP) is 2.93. The number of methoxy groups -OCH3 is 1. The summed E-state index contributed by atoms with van der Waals surface area (Å²) in [7, 11) is 1.25. The molecule has 0 spiro atoms. The van der Waals surface area contributed by atoms with Crippen molar-refractivity contribution in [2.75, 3.05) is 7.11 Å². The van der Waals surface area contributed by atoms with Gasteiger partial charge in [0.1, 0.15) is 17.9 Å². The van der Waals surface area contributed by atoms with E-state index in [4.69, 9.17) is 4.74 Å². The van der Waals surface area contributed by atoms with Crippen LogP contribution >= 0.6 is 0 Å². The lowest BCUT2D eigenvalue weighted by atomic mass is 9.98. The summed E-state index contributed by atoms with van der Waals surface area (Å²) in [6.07, 6.45) is 0.145. The van der Waals surface area contributed by atoms with E-state index in [1.165, 1.54) is 20.1 Å². The molecule has 0 unspecified atom stereocenters. The second-order valence-corrected chi connectivity index (χ2v) is 7.48. The summed E-state index contributed by atoms with van der Waals surface area (Å²) in [5.41, 5.74) is 1.15. The van der Waals surface area contributed by atoms with Gasteiger partial charge < -0.3 is 15.4 Å². The first-order valence-corrected chi connectivity index (χ1v) is 10.2. The molecule has 0 aliphatic rings. The number of carbonyl (C=O) groups excluding carboxylic acids is 3. The van der Waals surface area contributed by atoms with Crippen LogP contribution in [0.3, 0.4) is 0 Å². The number of hydrogen-bond acceptors (Lipinski definition) is 4. The molecule has 2 N–H and O–H groups in total. The van der Waals surface area contributed by atoms with E-state index in [1.807, 2.05) is 42.5 Å². The first kappa shape index (κ1) is 22.9. The highest BCUT2D eigenvalue weighted by Crippen LogP contribution is 2.20. The molecule has 0 saturated carbocycles. The zero-order chi connectivity index (χ0) is 23.1. The first-order valence-electron chi connectivity index (χ1n) is 10.2. The molecular formula is C25H25FN2O4. The Bertz CT molecular complexity index is 1130. The third kappa shape index (κ3) is 5.69. The Morgan fingerprint density at radius 3 is 2.19 bits per heavy atom. The average molecular weight is 436 g/mol. The monoisotopic (exact) mass is 436 g/mol. The van der Waals surface area contributed by atoms with Crippen molar-refractivity contribution in [3.8, 4) is 0 Å². The van der Waals surface area contributed by atoms with Gasteiger partial charge in [0.25, 0.3) is 0 Å². The molecular weight excluding hydrogens is 411 g/mol. The van der Waals surface area contributed by atoms with Crippen molar-refractivity contribution in [3.05, 3.63) is 83.7 Å². The quantitative estimate of drug-likeness (QED) is 0.532. The van der Waals surface area contributed by atoms with Gasteiger partial charge in [-0.2, -0.15) is 0 Å². The fraction of sp³-hybridized carbons (Fsp3) is 0.240. The van der Waals surface area contributed by atoms with E-state index in [2.05, 4.69) is 10.6 Å². The highest BCUT2D eigenvalue weighted by Gasteiger charge is 2.28. The van der Waals surface area contributed by atoms with E-state index in [9.17, 15) is 18.8 Å². The van der Waals surface area contributed by atoms with Gasteiger partial charge in [-0.3, -0.25) is 9.59 Å². The smallest absolute Gasteiger partial charge is 0.328 e. The van der Waals surface area contributed by atoms with Gasteiger partial charge in [-0.05, 0) is 28.0 Å². The number of nitrogens with one attached hydrogen (secondary N) is 2. The van der Waals surface area contributed by atoms with Crippen LogP contribution in [0.25, 0.3) is 10.8 Å². The van der Waals surface area contributed by atoms with Crippen LogP contribution in [0.5, 0.6) is 0 Å². The first-order chi connectivity index (χ1) is 15.4. The zero-order valence-corrected chi connectivity index (χ0v) is 17.9. The van der Waals surface area contributed by atoms with Gasteiger partial charge in [-0.1, -0.05) is 60.7 Å². The zero-order valence-electron chi connectivity index (χ0n) is 17.9. The maximum atomic E-state index is 14.1. The number of fused-ring (bicyclic) bond motifs is 1. The largest absolute Gasteiger partial charge is 0.467 e. The number of rotatable bonds is 8. The van der Waals surface area contributed by atoms with E-state index in [0.717, 1.165) is 16.3 Å². The standard InChI is InChI=1S/C25H25FN2O4/c1-16(29)27-22(15-19-9-4-6-13-21(19)26)24(30)28-23(25(31)32-2)14-18-11-7-10-17-8-3-5-12-20(17)18/h3-13,22-23H,14-15H2,1-2H3,(H,27,29)(H,28,30)/t22-,23+/m1/s1. The molecule has 7 heteroatoms. The highest BCUT2D eigenvalue weighted by molar-refractivity contribution is 5.91. The second-order valence-electron chi connectivity index (χ2n) is 7.48. The van der Waals surface area contributed by atoms with Gasteiger partial charge in [0.15, 0.2) is 0 Å². The Morgan fingerprint density at radius 1 is 0.844 bits per heavy atom. The molecule has 0 aliphatic carbocycles. The third-order valence-corrected chi connectivity index (χ3v) is 5.18. The Labute approximate surface area is 185 Å². The highest BCUT2D eigenvalue weighted by atomic mass is 19.1. The Balaban J connectivity index is 1.83. The molecule has 0 heterocycles. The van der Waals surface area contributed by atoms with Crippen LogP contribution in [0.1, 0.15) is 18.1 Å². The van der Waals surface area contributed by atoms with Gasteiger partial charge in [0, 0.05) is 19.8 Å². The molecule has 2 atom stereocenters. The van der Waals surface area contributed by atoms with Crippen molar-refractivity contribution in [3.63, 3.8) is 0 Å². The summed E-state index contributed by atoms with van der Waals surface area (Å²) in [6.45, 7) is 1.27. The number of halogens is 1. The number of hydrogen-bond donors (Lipinski definition) is 2. The average Bonchev–Trinajstić information content (AvgIpc) is 2.79. The predicted molar refractivity (Wildman–Crippen MR) is 119 cm³/mol. The van der Waals surface area contributed by atoms with Gasteiger partial charge in [0.2, 0.25) is 11.8 Å². The Hall–Kier alpha value is -3.74. The number of benzene rings is 3. The lowest BCUT2D eigenvalue weighted by Crippen LogP contribution is -2.53. The minimum atomic E-state index is -1.05. The van der Waals surface area contributed by atoms with E-state index >= 15 is 0 Å². The van der Waals surface area contributed by atoms with E-state index in [0.29, 0.717) is 0 Å². The van der Waals surface area contributed by atoms with Crippen LogP contribution < -0.4 is 10.6 Å². The lowest BCUT2D eigenvalue weighted by Gasteiger charge is -2.22. The lowest BCUT2D eigenvalue weighted by molar-refractivity contribution is -0.145. The molecule has 0 fully saturated rings. The molecule has 166 valence electrons. The summed E-state index contributed by atoms with van der Waals surface area (Å²) in [5.74, 6) is -2.13. The maximum absolute atomic E-state index is 14.1. The Morgan fingerprint density at radius 2 is 1.47 bits per heavy atom. The molecule has 2 amide bonds. The topological polar surface area (TPSA) is 84.5 Å². The summed E-state index contributed by atoms with van der Waals surface area (Å²) >= 11 is 0. The van der Waals surface area contributed by atoms with Crippen molar-refractivity contribution in [1.29, 1.82) is 0 Å². The van der Waals surface area contributed by atoms with Crippen molar-refractivity contribution >= 4 is 28.6 Å². The van der Waals surface area contributed by atoms with Crippen LogP contribution in [0.2, 0.25) is 0 Å². The molecule has 0 aliphatic heterocycles. The van der Waals surface area contributed by atoms with Gasteiger partial charge in [0.05, 0.1) is 7.11 Å². The number of amides is 2. The summed E-state index contributed by atoms with van der Waals surface area (Å²) in [5, 5.41) is 7.19.